The summed E-state index contributed by atoms with van der Waals surface area (Å²) in [5, 5.41) is 3.88. The number of nitrogens with zero attached hydrogens (tertiary/aromatic N) is 5. The number of hydrogen-bond acceptors (Lipinski definition) is 5. The van der Waals surface area contributed by atoms with Crippen LogP contribution in [-0.2, 0) is 12.6 Å². The zero-order chi connectivity index (χ0) is 30.1. The summed E-state index contributed by atoms with van der Waals surface area (Å²) in [4.78, 5) is 44.1. The first kappa shape index (κ1) is 29.6. The van der Waals surface area contributed by atoms with E-state index in [1.165, 1.54) is 35.1 Å². The van der Waals surface area contributed by atoms with E-state index in [1.54, 1.807) is 43.3 Å². The summed E-state index contributed by atoms with van der Waals surface area (Å²) in [5.74, 6) is -1.00. The predicted octanol–water partition coefficient (Wildman–Crippen LogP) is 4.68. The number of fused-ring (bicyclic) bond motifs is 1. The van der Waals surface area contributed by atoms with Crippen molar-refractivity contribution < 1.29 is 32.3 Å². The molecule has 0 N–H and O–H groups in total. The van der Waals surface area contributed by atoms with Crippen LogP contribution in [0.1, 0.15) is 62.7 Å². The molecule has 0 unspecified atom stereocenters. The highest BCUT2D eigenvalue weighted by atomic mass is 19.4. The van der Waals surface area contributed by atoms with Crippen LogP contribution in [0.3, 0.4) is 0 Å². The molecular weight excluding hydrogens is 539 g/mol. The molecule has 218 valence electrons. The molecule has 2 heterocycles. The van der Waals surface area contributed by atoms with Crippen LogP contribution in [0.4, 0.5) is 18.9 Å². The smallest absolute Gasteiger partial charge is 0.435 e. The molecule has 0 aliphatic carbocycles. The fourth-order valence-electron chi connectivity index (χ4n) is 4.89. The Morgan fingerprint density at radius 1 is 1.05 bits per heavy atom. The molecular formula is C29H32F3N5O4. The number of alkyl halides is 3. The van der Waals surface area contributed by atoms with E-state index < -0.39 is 23.7 Å². The number of halogens is 3. The van der Waals surface area contributed by atoms with Crippen LogP contribution in [0, 0.1) is 0 Å². The van der Waals surface area contributed by atoms with Crippen LogP contribution in [0.2, 0.25) is 0 Å². The van der Waals surface area contributed by atoms with Gasteiger partial charge in [-0.3, -0.25) is 14.4 Å². The Morgan fingerprint density at radius 3 is 2.29 bits per heavy atom. The van der Waals surface area contributed by atoms with E-state index in [0.29, 0.717) is 36.5 Å². The van der Waals surface area contributed by atoms with E-state index in [-0.39, 0.29) is 41.4 Å². The van der Waals surface area contributed by atoms with Crippen molar-refractivity contribution in [3.05, 3.63) is 70.5 Å². The van der Waals surface area contributed by atoms with Gasteiger partial charge in [0.2, 0.25) is 0 Å². The maximum absolute atomic E-state index is 14.2. The maximum atomic E-state index is 14.2. The number of carbonyl (C=O) groups excluding carboxylic acids is 3. The van der Waals surface area contributed by atoms with Gasteiger partial charge in [-0.1, -0.05) is 6.92 Å². The Balaban J connectivity index is 1.87. The Morgan fingerprint density at radius 2 is 1.73 bits per heavy atom. The zero-order valence-corrected chi connectivity index (χ0v) is 23.6. The molecule has 0 radical (unpaired) electrons. The highest BCUT2D eigenvalue weighted by Crippen LogP contribution is 2.38. The molecule has 1 aliphatic rings. The van der Waals surface area contributed by atoms with Crippen molar-refractivity contribution in [3.8, 4) is 11.4 Å². The maximum Gasteiger partial charge on any atom is 0.435 e. The van der Waals surface area contributed by atoms with E-state index in [4.69, 9.17) is 4.74 Å². The fourth-order valence-corrected chi connectivity index (χ4v) is 4.89. The minimum atomic E-state index is -4.82. The average molecular weight is 572 g/mol. The van der Waals surface area contributed by atoms with Crippen molar-refractivity contribution in [2.24, 2.45) is 0 Å². The summed E-state index contributed by atoms with van der Waals surface area (Å²) >= 11 is 0. The summed E-state index contributed by atoms with van der Waals surface area (Å²) in [6.07, 6.45) is -4.24. The summed E-state index contributed by atoms with van der Waals surface area (Å²) < 4.78 is 48.7. The molecule has 3 amide bonds. The first-order valence-corrected chi connectivity index (χ1v) is 13.2. The summed E-state index contributed by atoms with van der Waals surface area (Å²) in [6, 6.07) is 10.7. The third-order valence-electron chi connectivity index (χ3n) is 6.94. The molecule has 41 heavy (non-hydrogen) atoms. The van der Waals surface area contributed by atoms with Crippen LogP contribution in [0.25, 0.3) is 5.69 Å². The monoisotopic (exact) mass is 571 g/mol. The van der Waals surface area contributed by atoms with Gasteiger partial charge in [0.05, 0.1) is 18.4 Å². The lowest BCUT2D eigenvalue weighted by Crippen LogP contribution is -2.39. The second-order valence-corrected chi connectivity index (χ2v) is 9.81. The number of amides is 3. The lowest BCUT2D eigenvalue weighted by molar-refractivity contribution is -0.141. The minimum absolute atomic E-state index is 0.0178. The third kappa shape index (κ3) is 5.63. The topological polar surface area (TPSA) is 88.0 Å². The molecule has 3 aromatic rings. The van der Waals surface area contributed by atoms with E-state index >= 15 is 0 Å². The fraction of sp³-hybridized carbons (Fsp3) is 0.379. The van der Waals surface area contributed by atoms with Gasteiger partial charge in [-0.05, 0) is 62.2 Å². The molecule has 0 bridgehead atoms. The SMILES string of the molecule is CCCN(CC)C(=O)c1cc(OC)ccc1-n1nc(C(F)(F)F)c2c1C(=O)N(c1ccc(C(=O)N(C)C)cc1)CC2. The first-order chi connectivity index (χ1) is 19.4. The van der Waals surface area contributed by atoms with Crippen molar-refractivity contribution in [2.45, 2.75) is 32.9 Å². The second kappa shape index (κ2) is 11.6. The van der Waals surface area contributed by atoms with Crippen LogP contribution in [-0.4, -0.2) is 78.1 Å². The molecule has 0 atom stereocenters. The molecule has 0 fully saturated rings. The number of carbonyl (C=O) groups is 3. The first-order valence-electron chi connectivity index (χ1n) is 13.2. The number of anilines is 1. The summed E-state index contributed by atoms with van der Waals surface area (Å²) in [5.41, 5.74) is -0.731. The third-order valence-corrected chi connectivity index (χ3v) is 6.94. The minimum Gasteiger partial charge on any atom is -0.497 e. The average Bonchev–Trinajstić information content (AvgIpc) is 3.36. The Labute approximate surface area is 236 Å². The van der Waals surface area contributed by atoms with Crippen molar-refractivity contribution in [1.82, 2.24) is 19.6 Å². The summed E-state index contributed by atoms with van der Waals surface area (Å²) in [7, 11) is 4.65. The van der Waals surface area contributed by atoms with Crippen molar-refractivity contribution in [2.75, 3.05) is 45.7 Å². The molecule has 4 rings (SSSR count). The summed E-state index contributed by atoms with van der Waals surface area (Å²) in [6.45, 7) is 4.53. The van der Waals surface area contributed by atoms with Gasteiger partial charge in [-0.2, -0.15) is 18.3 Å². The van der Waals surface area contributed by atoms with Gasteiger partial charge < -0.3 is 19.4 Å². The van der Waals surface area contributed by atoms with E-state index in [0.717, 1.165) is 4.68 Å². The van der Waals surface area contributed by atoms with Gasteiger partial charge in [-0.15, -0.1) is 0 Å². The van der Waals surface area contributed by atoms with E-state index in [1.807, 2.05) is 13.8 Å². The van der Waals surface area contributed by atoms with E-state index in [9.17, 15) is 27.6 Å². The molecule has 9 nitrogen and oxygen atoms in total. The molecule has 2 aromatic carbocycles. The van der Waals surface area contributed by atoms with Crippen molar-refractivity contribution in [1.29, 1.82) is 0 Å². The number of rotatable bonds is 8. The number of aromatic nitrogens is 2. The predicted molar refractivity (Wildman–Crippen MR) is 147 cm³/mol. The lowest BCUT2D eigenvalue weighted by atomic mass is 10.0. The molecule has 0 saturated carbocycles. The normalized spacial score (nSPS) is 13.2. The van der Waals surface area contributed by atoms with Gasteiger partial charge in [0.1, 0.15) is 11.4 Å². The Hall–Kier alpha value is -4.35. The molecule has 12 heteroatoms. The van der Waals surface area contributed by atoms with Gasteiger partial charge in [0.15, 0.2) is 5.69 Å². The van der Waals surface area contributed by atoms with Crippen LogP contribution >= 0.6 is 0 Å². The number of benzene rings is 2. The Kier molecular flexibility index (Phi) is 8.41. The standard InChI is InChI=1S/C29H32F3N5O4/c1-6-15-35(7-2)27(39)22-17-20(41-5)12-13-23(22)37-24-21(25(33-37)29(30,31)32)14-16-36(28(24)40)19-10-8-18(9-11-19)26(38)34(3)4/h8-13,17H,6-7,14-16H2,1-5H3. The molecule has 0 saturated heterocycles. The van der Waals surface area contributed by atoms with Crippen LogP contribution in [0.5, 0.6) is 5.75 Å². The van der Waals surface area contributed by atoms with Gasteiger partial charge in [0.25, 0.3) is 17.7 Å². The lowest BCUT2D eigenvalue weighted by Gasteiger charge is -2.28. The van der Waals surface area contributed by atoms with Crippen LogP contribution in [0.15, 0.2) is 42.5 Å². The molecule has 1 aliphatic heterocycles. The van der Waals surface area contributed by atoms with Gasteiger partial charge in [0, 0.05) is 50.5 Å². The number of ether oxygens (including phenoxy) is 1. The number of methoxy groups -OCH3 is 1. The highest BCUT2D eigenvalue weighted by Gasteiger charge is 2.44. The van der Waals surface area contributed by atoms with Gasteiger partial charge >= 0.3 is 6.18 Å². The quantitative estimate of drug-likeness (QED) is 0.392. The molecule has 1 aromatic heterocycles. The number of hydrogen-bond donors (Lipinski definition) is 0. The highest BCUT2D eigenvalue weighted by molar-refractivity contribution is 6.08. The second-order valence-electron chi connectivity index (χ2n) is 9.81. The zero-order valence-electron chi connectivity index (χ0n) is 23.6. The van der Waals surface area contributed by atoms with E-state index in [2.05, 4.69) is 5.10 Å². The van der Waals surface area contributed by atoms with Crippen molar-refractivity contribution >= 4 is 23.4 Å². The van der Waals surface area contributed by atoms with Crippen LogP contribution < -0.4 is 9.64 Å². The van der Waals surface area contributed by atoms with Crippen molar-refractivity contribution in [3.63, 3.8) is 0 Å². The largest absolute Gasteiger partial charge is 0.497 e. The Bertz CT molecular complexity index is 1460. The van der Waals surface area contributed by atoms with Gasteiger partial charge in [-0.25, -0.2) is 4.68 Å². The molecule has 0 spiro atoms.